The molecule has 1 aliphatic rings. The highest BCUT2D eigenvalue weighted by Crippen LogP contribution is 2.17. The first-order valence-corrected chi connectivity index (χ1v) is 9.47. The highest BCUT2D eigenvalue weighted by atomic mass is 16.5. The van der Waals surface area contributed by atoms with Gasteiger partial charge < -0.3 is 20.1 Å². The Kier molecular flexibility index (Phi) is 6.84. The van der Waals surface area contributed by atoms with Crippen LogP contribution in [0, 0.1) is 5.92 Å². The van der Waals surface area contributed by atoms with Gasteiger partial charge >= 0.3 is 0 Å². The minimum absolute atomic E-state index is 0.238. The summed E-state index contributed by atoms with van der Waals surface area (Å²) in [6.07, 6.45) is 3.03. The van der Waals surface area contributed by atoms with Gasteiger partial charge in [-0.2, -0.15) is 0 Å². The predicted octanol–water partition coefficient (Wildman–Crippen LogP) is 1.82. The molecule has 0 spiro atoms. The molecule has 0 radical (unpaired) electrons. The monoisotopic (exact) mass is 369 g/mol. The van der Waals surface area contributed by atoms with Gasteiger partial charge in [0, 0.05) is 44.6 Å². The Hall–Kier alpha value is -2.83. The normalized spacial score (nSPS) is 17.4. The lowest BCUT2D eigenvalue weighted by molar-refractivity contribution is -0.127. The van der Waals surface area contributed by atoms with E-state index in [0.717, 1.165) is 44.3 Å². The molecule has 0 aliphatic carbocycles. The zero-order valence-corrected chi connectivity index (χ0v) is 15.7. The van der Waals surface area contributed by atoms with Crippen LogP contribution in [0.1, 0.15) is 24.6 Å². The molecule has 0 bridgehead atoms. The van der Waals surface area contributed by atoms with Crippen molar-refractivity contribution < 1.29 is 9.32 Å². The number of likely N-dealkylation sites (tertiary alicyclic amines) is 1. The van der Waals surface area contributed by atoms with Crippen molar-refractivity contribution in [2.24, 2.45) is 10.9 Å². The van der Waals surface area contributed by atoms with Crippen molar-refractivity contribution in [3.8, 4) is 0 Å². The van der Waals surface area contributed by atoms with E-state index in [2.05, 4.69) is 32.9 Å². The van der Waals surface area contributed by atoms with Crippen LogP contribution in [-0.4, -0.2) is 48.1 Å². The summed E-state index contributed by atoms with van der Waals surface area (Å²) in [6.45, 7) is 5.55. The van der Waals surface area contributed by atoms with Crippen molar-refractivity contribution in [3.63, 3.8) is 0 Å². The van der Waals surface area contributed by atoms with Gasteiger partial charge in [0.05, 0.1) is 6.54 Å². The van der Waals surface area contributed by atoms with Crippen LogP contribution in [0.4, 0.5) is 0 Å². The molecule has 2 aromatic rings. The minimum atomic E-state index is 0.238. The number of nitrogens with one attached hydrogen (secondary N) is 2. The van der Waals surface area contributed by atoms with Gasteiger partial charge in [-0.15, -0.1) is 0 Å². The van der Waals surface area contributed by atoms with Crippen LogP contribution in [-0.2, 0) is 17.8 Å². The van der Waals surface area contributed by atoms with E-state index in [9.17, 15) is 4.79 Å². The number of rotatable bonds is 8. The number of amides is 1. The molecule has 144 valence electrons. The summed E-state index contributed by atoms with van der Waals surface area (Å²) in [4.78, 5) is 18.8. The molecule has 7 heteroatoms. The predicted molar refractivity (Wildman–Crippen MR) is 104 cm³/mol. The summed E-state index contributed by atoms with van der Waals surface area (Å²) in [6, 6.07) is 12.1. The molecule has 0 saturated carbocycles. The number of hydrogen-bond acceptors (Lipinski definition) is 4. The first-order chi connectivity index (χ1) is 13.2. The average molecular weight is 369 g/mol. The number of nitrogens with zero attached hydrogens (tertiary/aromatic N) is 3. The second-order valence-electron chi connectivity index (χ2n) is 6.71. The molecule has 2 N–H and O–H groups in total. The van der Waals surface area contributed by atoms with E-state index < -0.39 is 0 Å². The average Bonchev–Trinajstić information content (AvgIpc) is 3.33. The van der Waals surface area contributed by atoms with E-state index in [1.165, 1.54) is 5.56 Å². The molecule has 2 heterocycles. The third kappa shape index (κ3) is 5.84. The third-order valence-electron chi connectivity index (χ3n) is 4.60. The first-order valence-electron chi connectivity index (χ1n) is 9.47. The van der Waals surface area contributed by atoms with E-state index in [1.54, 1.807) is 12.3 Å². The second kappa shape index (κ2) is 9.75. The van der Waals surface area contributed by atoms with E-state index >= 15 is 0 Å². The van der Waals surface area contributed by atoms with Crippen molar-refractivity contribution in [2.75, 3.05) is 26.2 Å². The van der Waals surface area contributed by atoms with E-state index in [-0.39, 0.29) is 5.91 Å². The van der Waals surface area contributed by atoms with Gasteiger partial charge in [-0.05, 0) is 18.9 Å². The maximum Gasteiger partial charge on any atom is 0.223 e. The largest absolute Gasteiger partial charge is 0.364 e. The molecule has 1 saturated heterocycles. The number of aromatic nitrogens is 1. The summed E-state index contributed by atoms with van der Waals surface area (Å²) >= 11 is 0. The quantitative estimate of drug-likeness (QED) is 0.548. The van der Waals surface area contributed by atoms with Gasteiger partial charge in [0.15, 0.2) is 5.96 Å². The topological polar surface area (TPSA) is 82.8 Å². The van der Waals surface area contributed by atoms with Crippen LogP contribution in [0.15, 0.2) is 52.2 Å². The van der Waals surface area contributed by atoms with Crippen molar-refractivity contribution in [1.82, 2.24) is 20.7 Å². The van der Waals surface area contributed by atoms with Gasteiger partial charge in [0.2, 0.25) is 5.91 Å². The van der Waals surface area contributed by atoms with Gasteiger partial charge in [-0.1, -0.05) is 35.5 Å². The Morgan fingerprint density at radius 1 is 1.30 bits per heavy atom. The SMILES string of the molecule is CCNC(=NCc1ccon1)NCC1CC(=O)N(CCc2ccccc2)C1. The van der Waals surface area contributed by atoms with Crippen molar-refractivity contribution in [3.05, 3.63) is 53.9 Å². The Morgan fingerprint density at radius 3 is 2.89 bits per heavy atom. The number of carbonyl (C=O) groups excluding carboxylic acids is 1. The van der Waals surface area contributed by atoms with Gasteiger partial charge in [0.1, 0.15) is 12.0 Å². The third-order valence-corrected chi connectivity index (χ3v) is 4.60. The van der Waals surface area contributed by atoms with Crippen LogP contribution >= 0.6 is 0 Å². The number of benzene rings is 1. The maximum atomic E-state index is 12.3. The molecule has 1 unspecified atom stereocenters. The van der Waals surface area contributed by atoms with Crippen molar-refractivity contribution in [2.45, 2.75) is 26.3 Å². The zero-order valence-electron chi connectivity index (χ0n) is 15.7. The van der Waals surface area contributed by atoms with E-state index in [4.69, 9.17) is 4.52 Å². The molecule has 1 aromatic carbocycles. The second-order valence-corrected chi connectivity index (χ2v) is 6.71. The summed E-state index contributed by atoms with van der Waals surface area (Å²) in [7, 11) is 0. The van der Waals surface area contributed by atoms with Crippen LogP contribution in [0.5, 0.6) is 0 Å². The number of carbonyl (C=O) groups is 1. The van der Waals surface area contributed by atoms with Gasteiger partial charge in [-0.3, -0.25) is 4.79 Å². The zero-order chi connectivity index (χ0) is 18.9. The highest BCUT2D eigenvalue weighted by molar-refractivity contribution is 5.80. The molecule has 1 amide bonds. The molecule has 1 atom stereocenters. The number of guanidine groups is 1. The van der Waals surface area contributed by atoms with Crippen LogP contribution < -0.4 is 10.6 Å². The number of aliphatic imine (C=N–C) groups is 1. The minimum Gasteiger partial charge on any atom is -0.364 e. The van der Waals surface area contributed by atoms with Crippen LogP contribution in [0.25, 0.3) is 0 Å². The molecule has 3 rings (SSSR count). The lowest BCUT2D eigenvalue weighted by Gasteiger charge is -2.17. The molecule has 1 aromatic heterocycles. The molecule has 27 heavy (non-hydrogen) atoms. The molecule has 1 aliphatic heterocycles. The standard InChI is InChI=1S/C20H27N5O2/c1-2-21-20(23-14-18-9-11-27-24-18)22-13-17-12-19(26)25(15-17)10-8-16-6-4-3-5-7-16/h3-7,9,11,17H,2,8,10,12-15H2,1H3,(H2,21,22,23). The molecular formula is C20H27N5O2. The fourth-order valence-electron chi connectivity index (χ4n) is 3.18. The van der Waals surface area contributed by atoms with Crippen molar-refractivity contribution >= 4 is 11.9 Å². The van der Waals surface area contributed by atoms with E-state index in [0.29, 0.717) is 18.9 Å². The van der Waals surface area contributed by atoms with Crippen molar-refractivity contribution in [1.29, 1.82) is 0 Å². The Morgan fingerprint density at radius 2 is 2.15 bits per heavy atom. The molecule has 7 nitrogen and oxygen atoms in total. The summed E-state index contributed by atoms with van der Waals surface area (Å²) in [5.41, 5.74) is 2.05. The number of hydrogen-bond donors (Lipinski definition) is 2. The highest BCUT2D eigenvalue weighted by Gasteiger charge is 2.29. The van der Waals surface area contributed by atoms with Gasteiger partial charge in [-0.25, -0.2) is 4.99 Å². The molecule has 1 fully saturated rings. The lowest BCUT2D eigenvalue weighted by atomic mass is 10.1. The van der Waals surface area contributed by atoms with Crippen LogP contribution in [0.3, 0.4) is 0 Å². The fourth-order valence-corrected chi connectivity index (χ4v) is 3.18. The van der Waals surface area contributed by atoms with Gasteiger partial charge in [0.25, 0.3) is 0 Å². The fraction of sp³-hybridized carbons (Fsp3) is 0.450. The summed E-state index contributed by atoms with van der Waals surface area (Å²) in [5, 5.41) is 10.4. The Labute approximate surface area is 159 Å². The summed E-state index contributed by atoms with van der Waals surface area (Å²) < 4.78 is 4.82. The summed E-state index contributed by atoms with van der Waals surface area (Å²) in [5.74, 6) is 1.27. The first kappa shape index (κ1) is 18.9. The Bertz CT molecular complexity index is 730. The lowest BCUT2D eigenvalue weighted by Crippen LogP contribution is -2.40. The van der Waals surface area contributed by atoms with E-state index in [1.807, 2.05) is 30.0 Å². The maximum absolute atomic E-state index is 12.3. The van der Waals surface area contributed by atoms with Crippen LogP contribution in [0.2, 0.25) is 0 Å². The Balaban J connectivity index is 1.45. The smallest absolute Gasteiger partial charge is 0.223 e. The molecular weight excluding hydrogens is 342 g/mol.